The Morgan fingerprint density at radius 1 is 1.45 bits per heavy atom. The second kappa shape index (κ2) is 1.91. The van der Waals surface area contributed by atoms with E-state index in [1.165, 1.54) is 6.20 Å². The van der Waals surface area contributed by atoms with Gasteiger partial charge in [-0.3, -0.25) is 14.6 Å². The molecule has 0 fully saturated rings. The molecule has 56 valence electrons. The second-order valence-electron chi connectivity index (χ2n) is 2.23. The van der Waals surface area contributed by atoms with Gasteiger partial charge in [0.15, 0.2) is 11.2 Å². The van der Waals surface area contributed by atoms with Gasteiger partial charge in [0.1, 0.15) is 0 Å². The maximum absolute atomic E-state index is 11.0. The summed E-state index contributed by atoms with van der Waals surface area (Å²) in [6.45, 7) is 0. The Morgan fingerprint density at radius 2 is 2.18 bits per heavy atom. The van der Waals surface area contributed by atoms with Crippen molar-refractivity contribution in [2.24, 2.45) is 7.05 Å². The topological polar surface area (TPSA) is 63.6 Å². The molecular weight excluding hydrogens is 144 g/mol. The van der Waals surface area contributed by atoms with Crippen LogP contribution in [0.4, 0.5) is 0 Å². The van der Waals surface area contributed by atoms with Gasteiger partial charge in [-0.1, -0.05) is 0 Å². The normalized spacial score (nSPS) is 10.6. The van der Waals surface area contributed by atoms with Crippen LogP contribution >= 0.6 is 0 Å². The molecule has 0 radical (unpaired) electrons. The molecule has 2 rings (SSSR count). The van der Waals surface area contributed by atoms with Gasteiger partial charge in [-0.25, -0.2) is 9.97 Å². The van der Waals surface area contributed by atoms with Crippen molar-refractivity contribution in [1.82, 2.24) is 19.7 Å². The Labute approximate surface area is 61.7 Å². The number of hydrogen-bond donors (Lipinski definition) is 1. The molecule has 0 spiro atoms. The number of rotatable bonds is 0. The monoisotopic (exact) mass is 150 g/mol. The van der Waals surface area contributed by atoms with E-state index in [-0.39, 0.29) is 5.56 Å². The predicted octanol–water partition coefficient (Wildman–Crippen LogP) is -0.343. The maximum Gasteiger partial charge on any atom is 0.292 e. The molecule has 0 bridgehead atoms. The third-order valence-electron chi connectivity index (χ3n) is 1.48. The quantitative estimate of drug-likeness (QED) is 0.558. The zero-order chi connectivity index (χ0) is 7.84. The minimum Gasteiger partial charge on any atom is -0.269 e. The number of H-pyrrole nitrogens is 1. The third kappa shape index (κ3) is 0.739. The number of nitrogens with zero attached hydrogens (tertiary/aromatic N) is 3. The fourth-order valence-corrected chi connectivity index (χ4v) is 0.995. The molecule has 0 aliphatic rings. The minimum absolute atomic E-state index is 0.199. The smallest absolute Gasteiger partial charge is 0.269 e. The Kier molecular flexibility index (Phi) is 1.06. The number of aromatic amines is 1. The molecule has 0 saturated carbocycles. The Hall–Kier alpha value is -1.65. The number of fused-ring (bicyclic) bond motifs is 1. The molecular formula is C6H6N4O. The first-order valence-corrected chi connectivity index (χ1v) is 3.15. The number of nitrogens with one attached hydrogen (secondary N) is 1. The zero-order valence-corrected chi connectivity index (χ0v) is 5.90. The van der Waals surface area contributed by atoms with Crippen LogP contribution in [-0.4, -0.2) is 19.7 Å². The molecule has 0 unspecified atom stereocenters. The van der Waals surface area contributed by atoms with Crippen LogP contribution in [0, 0.1) is 0 Å². The van der Waals surface area contributed by atoms with E-state index in [0.717, 1.165) is 0 Å². The summed E-state index contributed by atoms with van der Waals surface area (Å²) in [5.41, 5.74) is 0.767. The molecule has 2 aromatic heterocycles. The van der Waals surface area contributed by atoms with E-state index in [0.29, 0.717) is 11.2 Å². The van der Waals surface area contributed by atoms with Crippen LogP contribution in [0.15, 0.2) is 17.2 Å². The Morgan fingerprint density at radius 3 is 2.91 bits per heavy atom. The molecule has 2 aromatic rings. The van der Waals surface area contributed by atoms with Gasteiger partial charge >= 0.3 is 0 Å². The highest BCUT2D eigenvalue weighted by molar-refractivity contribution is 5.68. The molecule has 0 atom stereocenters. The third-order valence-corrected chi connectivity index (χ3v) is 1.48. The van der Waals surface area contributed by atoms with E-state index >= 15 is 0 Å². The first kappa shape index (κ1) is 6.09. The van der Waals surface area contributed by atoms with Gasteiger partial charge in [0, 0.05) is 19.4 Å². The first-order chi connectivity index (χ1) is 5.29. The van der Waals surface area contributed by atoms with Crippen molar-refractivity contribution in [3.63, 3.8) is 0 Å². The van der Waals surface area contributed by atoms with Crippen molar-refractivity contribution >= 4 is 11.2 Å². The van der Waals surface area contributed by atoms with Gasteiger partial charge in [0.05, 0.1) is 0 Å². The van der Waals surface area contributed by atoms with Gasteiger partial charge in [-0.15, -0.1) is 0 Å². The molecule has 0 amide bonds. The largest absolute Gasteiger partial charge is 0.292 e. The van der Waals surface area contributed by atoms with Crippen LogP contribution in [0.25, 0.3) is 11.2 Å². The average Bonchev–Trinajstić information content (AvgIpc) is 2.30. The lowest BCUT2D eigenvalue weighted by Gasteiger charge is -1.88. The zero-order valence-electron chi connectivity index (χ0n) is 5.90. The Bertz CT molecular complexity index is 441. The summed E-state index contributed by atoms with van der Waals surface area (Å²) in [6, 6.07) is 0. The lowest BCUT2D eigenvalue weighted by atomic mass is 10.5. The van der Waals surface area contributed by atoms with Gasteiger partial charge in [0.2, 0.25) is 0 Å². The van der Waals surface area contributed by atoms with Crippen LogP contribution < -0.4 is 5.56 Å². The second-order valence-corrected chi connectivity index (χ2v) is 2.23. The van der Waals surface area contributed by atoms with Crippen LogP contribution in [0.1, 0.15) is 0 Å². The number of aryl methyl sites for hydroxylation is 1. The highest BCUT2D eigenvalue weighted by Gasteiger charge is 2.03. The molecule has 5 nitrogen and oxygen atoms in total. The maximum atomic E-state index is 11.0. The van der Waals surface area contributed by atoms with E-state index in [4.69, 9.17) is 0 Å². The Balaban J connectivity index is 3.07. The number of aromatic nitrogens is 4. The summed E-state index contributed by atoms with van der Waals surface area (Å²) >= 11 is 0. The highest BCUT2D eigenvalue weighted by Crippen LogP contribution is 1.97. The summed E-state index contributed by atoms with van der Waals surface area (Å²) in [5, 5.41) is 2.55. The van der Waals surface area contributed by atoms with E-state index in [9.17, 15) is 4.79 Å². The SMILES string of the molecule is Cn1[nH]c(=O)c2nccnc21. The molecule has 11 heavy (non-hydrogen) atoms. The molecule has 1 N–H and O–H groups in total. The predicted molar refractivity (Wildman–Crippen MR) is 39.1 cm³/mol. The lowest BCUT2D eigenvalue weighted by molar-refractivity contribution is 0.774. The van der Waals surface area contributed by atoms with E-state index < -0.39 is 0 Å². The summed E-state index contributed by atoms with van der Waals surface area (Å²) < 4.78 is 1.55. The van der Waals surface area contributed by atoms with Crippen LogP contribution in [0.5, 0.6) is 0 Å². The van der Waals surface area contributed by atoms with Crippen molar-refractivity contribution in [3.8, 4) is 0 Å². The first-order valence-electron chi connectivity index (χ1n) is 3.15. The summed E-state index contributed by atoms with van der Waals surface area (Å²) in [4.78, 5) is 18.9. The molecule has 0 aliphatic heterocycles. The molecule has 0 aromatic carbocycles. The summed E-state index contributed by atoms with van der Waals surface area (Å²) in [5.74, 6) is 0. The molecule has 5 heteroatoms. The van der Waals surface area contributed by atoms with Crippen molar-refractivity contribution in [2.75, 3.05) is 0 Å². The summed E-state index contributed by atoms with van der Waals surface area (Å²) in [7, 11) is 1.72. The average molecular weight is 150 g/mol. The van der Waals surface area contributed by atoms with Crippen molar-refractivity contribution in [3.05, 3.63) is 22.7 Å². The van der Waals surface area contributed by atoms with Crippen molar-refractivity contribution in [2.45, 2.75) is 0 Å². The van der Waals surface area contributed by atoms with Crippen molar-refractivity contribution in [1.29, 1.82) is 0 Å². The molecule has 0 aliphatic carbocycles. The highest BCUT2D eigenvalue weighted by atomic mass is 16.1. The summed E-state index contributed by atoms with van der Waals surface area (Å²) in [6.07, 6.45) is 3.05. The minimum atomic E-state index is -0.199. The molecule has 0 saturated heterocycles. The standard InChI is InChI=1S/C6H6N4O/c1-10-5-4(6(11)9-10)7-2-3-8-5/h2-3H,1H3,(H,9,11). The fourth-order valence-electron chi connectivity index (χ4n) is 0.995. The number of hydrogen-bond acceptors (Lipinski definition) is 3. The van der Waals surface area contributed by atoms with Crippen LogP contribution in [0.2, 0.25) is 0 Å². The van der Waals surface area contributed by atoms with E-state index in [2.05, 4.69) is 15.1 Å². The van der Waals surface area contributed by atoms with Crippen molar-refractivity contribution < 1.29 is 0 Å². The van der Waals surface area contributed by atoms with E-state index in [1.54, 1.807) is 17.9 Å². The lowest BCUT2D eigenvalue weighted by Crippen LogP contribution is -2.01. The fraction of sp³-hybridized carbons (Fsp3) is 0.167. The van der Waals surface area contributed by atoms with Gasteiger partial charge in [0.25, 0.3) is 5.56 Å². The van der Waals surface area contributed by atoms with Crippen LogP contribution in [-0.2, 0) is 7.05 Å². The van der Waals surface area contributed by atoms with E-state index in [1.807, 2.05) is 0 Å². The van der Waals surface area contributed by atoms with Gasteiger partial charge in [-0.2, -0.15) is 0 Å². The van der Waals surface area contributed by atoms with Gasteiger partial charge < -0.3 is 0 Å². The molecule has 2 heterocycles. The van der Waals surface area contributed by atoms with Gasteiger partial charge in [-0.05, 0) is 0 Å². The van der Waals surface area contributed by atoms with Crippen LogP contribution in [0.3, 0.4) is 0 Å².